The molecule has 0 unspecified atom stereocenters. The van der Waals surface area contributed by atoms with Crippen molar-refractivity contribution in [1.82, 2.24) is 14.7 Å². The van der Waals surface area contributed by atoms with E-state index in [0.29, 0.717) is 19.8 Å². The zero-order valence-corrected chi connectivity index (χ0v) is 16.0. The molecule has 0 saturated carbocycles. The first kappa shape index (κ1) is 21.0. The van der Waals surface area contributed by atoms with E-state index >= 15 is 0 Å². The number of nitrogens with zero attached hydrogens (tertiary/aromatic N) is 3. The maximum atomic E-state index is 6.07. The van der Waals surface area contributed by atoms with Gasteiger partial charge in [-0.2, -0.15) is 0 Å². The quantitative estimate of drug-likeness (QED) is 0.465. The first-order valence-corrected chi connectivity index (χ1v) is 9.60. The lowest BCUT2D eigenvalue weighted by Crippen LogP contribution is -2.48. The first-order chi connectivity index (χ1) is 9.81. The van der Waals surface area contributed by atoms with Gasteiger partial charge in [0.15, 0.2) is 0 Å². The van der Waals surface area contributed by atoms with Gasteiger partial charge in [-0.25, -0.2) is 0 Å². The summed E-state index contributed by atoms with van der Waals surface area (Å²) in [6.07, 6.45) is 0. The van der Waals surface area contributed by atoms with Crippen molar-refractivity contribution >= 4 is 8.80 Å². The van der Waals surface area contributed by atoms with Gasteiger partial charge in [-0.1, -0.05) is 6.92 Å². The molecule has 0 amide bonds. The van der Waals surface area contributed by atoms with Crippen LogP contribution in [-0.4, -0.2) is 105 Å². The molecule has 0 rings (SSSR count). The molecule has 0 spiro atoms. The van der Waals surface area contributed by atoms with Crippen LogP contribution < -0.4 is 0 Å². The fourth-order valence-electron chi connectivity index (χ4n) is 1.58. The summed E-state index contributed by atoms with van der Waals surface area (Å²) in [5, 5.41) is 0. The minimum Gasteiger partial charge on any atom is -0.372 e. The lowest BCUT2D eigenvalue weighted by Gasteiger charge is -2.30. The van der Waals surface area contributed by atoms with E-state index in [1.807, 2.05) is 42.3 Å². The third-order valence-electron chi connectivity index (χ3n) is 3.01. The first-order valence-electron chi connectivity index (χ1n) is 7.67. The van der Waals surface area contributed by atoms with Crippen molar-refractivity contribution in [3.05, 3.63) is 0 Å². The van der Waals surface area contributed by atoms with Gasteiger partial charge in [-0.15, -0.1) is 0 Å². The molecule has 0 N–H and O–H groups in total. The predicted octanol–water partition coefficient (Wildman–Crippen LogP) is 0.680. The Morgan fingerprint density at radius 1 is 0.619 bits per heavy atom. The van der Waals surface area contributed by atoms with Crippen molar-refractivity contribution in [3.8, 4) is 0 Å². The zero-order chi connectivity index (χ0) is 16.3. The van der Waals surface area contributed by atoms with Gasteiger partial charge >= 0.3 is 8.80 Å². The standard InChI is InChI=1S/C14H35N3O3Si/c1-8-21(18-12-9-15(2)3,19-13-10-16(4)5)20-14-11-17(6)7/h8-14H2,1-7H3. The van der Waals surface area contributed by atoms with E-state index in [-0.39, 0.29) is 0 Å². The fourth-order valence-corrected chi connectivity index (χ4v) is 3.65. The molecule has 0 aromatic carbocycles. The fraction of sp³-hybridized carbons (Fsp3) is 1.00. The second kappa shape index (κ2) is 11.5. The molecule has 0 saturated heterocycles. The van der Waals surface area contributed by atoms with Crippen LogP contribution in [0.2, 0.25) is 6.04 Å². The number of hydrogen-bond donors (Lipinski definition) is 0. The third-order valence-corrected chi connectivity index (χ3v) is 5.81. The van der Waals surface area contributed by atoms with Crippen LogP contribution in [0.5, 0.6) is 0 Å². The van der Waals surface area contributed by atoms with E-state index in [1.165, 1.54) is 0 Å². The Bertz CT molecular complexity index is 218. The Morgan fingerprint density at radius 2 is 0.905 bits per heavy atom. The predicted molar refractivity (Wildman–Crippen MR) is 89.8 cm³/mol. The highest BCUT2D eigenvalue weighted by Gasteiger charge is 2.39. The van der Waals surface area contributed by atoms with Crippen molar-refractivity contribution in [2.75, 3.05) is 81.7 Å². The second-order valence-corrected chi connectivity index (χ2v) is 8.93. The molecule has 6 nitrogen and oxygen atoms in total. The van der Waals surface area contributed by atoms with Crippen LogP contribution in [0.3, 0.4) is 0 Å². The normalized spacial score (nSPS) is 12.9. The smallest absolute Gasteiger partial charge is 0.372 e. The van der Waals surface area contributed by atoms with E-state index < -0.39 is 8.80 Å². The van der Waals surface area contributed by atoms with E-state index in [9.17, 15) is 0 Å². The maximum absolute atomic E-state index is 6.07. The molecule has 0 aromatic rings. The summed E-state index contributed by atoms with van der Waals surface area (Å²) in [6, 6.07) is 0.807. The van der Waals surface area contributed by atoms with Crippen LogP contribution in [0.15, 0.2) is 0 Å². The van der Waals surface area contributed by atoms with Gasteiger partial charge in [-0.3, -0.25) is 0 Å². The van der Waals surface area contributed by atoms with Crippen LogP contribution in [0.1, 0.15) is 6.92 Å². The minimum absolute atomic E-state index is 0.650. The summed E-state index contributed by atoms with van der Waals surface area (Å²) in [5.41, 5.74) is 0. The summed E-state index contributed by atoms with van der Waals surface area (Å²) in [4.78, 5) is 6.32. The molecule has 21 heavy (non-hydrogen) atoms. The van der Waals surface area contributed by atoms with Crippen LogP contribution in [0, 0.1) is 0 Å². The summed E-state index contributed by atoms with van der Waals surface area (Å²) < 4.78 is 18.2. The van der Waals surface area contributed by atoms with Gasteiger partial charge in [0.25, 0.3) is 0 Å². The highest BCUT2D eigenvalue weighted by Crippen LogP contribution is 2.15. The van der Waals surface area contributed by atoms with Crippen molar-refractivity contribution in [1.29, 1.82) is 0 Å². The molecule has 0 heterocycles. The Balaban J connectivity index is 4.43. The van der Waals surface area contributed by atoms with Gasteiger partial charge in [0, 0.05) is 25.7 Å². The number of likely N-dealkylation sites (N-methyl/N-ethyl adjacent to an activating group) is 3. The molecular formula is C14H35N3O3Si. The van der Waals surface area contributed by atoms with Gasteiger partial charge in [0.1, 0.15) is 0 Å². The van der Waals surface area contributed by atoms with Crippen LogP contribution in [0.4, 0.5) is 0 Å². The topological polar surface area (TPSA) is 37.4 Å². The lowest BCUT2D eigenvalue weighted by molar-refractivity contribution is 0.0482. The van der Waals surface area contributed by atoms with E-state index in [2.05, 4.69) is 21.6 Å². The highest BCUT2D eigenvalue weighted by molar-refractivity contribution is 6.60. The largest absolute Gasteiger partial charge is 0.500 e. The molecule has 0 aromatic heterocycles. The molecule has 0 atom stereocenters. The highest BCUT2D eigenvalue weighted by atomic mass is 28.4. The average Bonchev–Trinajstić information content (AvgIpc) is 2.36. The molecular weight excluding hydrogens is 286 g/mol. The van der Waals surface area contributed by atoms with E-state index in [4.69, 9.17) is 13.3 Å². The van der Waals surface area contributed by atoms with Crippen molar-refractivity contribution in [2.45, 2.75) is 13.0 Å². The van der Waals surface area contributed by atoms with Crippen LogP contribution >= 0.6 is 0 Å². The summed E-state index contributed by atoms with van der Waals surface area (Å²) in [5.74, 6) is 0. The Morgan fingerprint density at radius 3 is 1.10 bits per heavy atom. The van der Waals surface area contributed by atoms with Crippen molar-refractivity contribution in [3.63, 3.8) is 0 Å². The molecule has 0 fully saturated rings. The third kappa shape index (κ3) is 11.2. The van der Waals surface area contributed by atoms with Gasteiger partial charge in [0.05, 0.1) is 19.8 Å². The van der Waals surface area contributed by atoms with Crippen LogP contribution in [-0.2, 0) is 13.3 Å². The molecule has 0 aliphatic heterocycles. The second-order valence-electron chi connectivity index (χ2n) is 5.99. The monoisotopic (exact) mass is 321 g/mol. The van der Waals surface area contributed by atoms with Crippen LogP contribution in [0.25, 0.3) is 0 Å². The zero-order valence-electron chi connectivity index (χ0n) is 15.0. The Labute approximate surface area is 132 Å². The number of rotatable bonds is 13. The Kier molecular flexibility index (Phi) is 11.5. The molecule has 128 valence electrons. The summed E-state index contributed by atoms with van der Waals surface area (Å²) in [6.45, 7) is 6.67. The molecule has 0 aliphatic carbocycles. The molecule has 0 aliphatic rings. The van der Waals surface area contributed by atoms with E-state index in [1.54, 1.807) is 0 Å². The van der Waals surface area contributed by atoms with E-state index in [0.717, 1.165) is 25.7 Å². The maximum Gasteiger partial charge on any atom is 0.500 e. The SMILES string of the molecule is CC[Si](OCCN(C)C)(OCCN(C)C)OCCN(C)C. The lowest BCUT2D eigenvalue weighted by atomic mass is 10.6. The number of hydrogen-bond acceptors (Lipinski definition) is 6. The van der Waals surface area contributed by atoms with Gasteiger partial charge < -0.3 is 28.0 Å². The summed E-state index contributed by atoms with van der Waals surface area (Å²) >= 11 is 0. The molecule has 0 radical (unpaired) electrons. The molecule has 0 bridgehead atoms. The van der Waals surface area contributed by atoms with Gasteiger partial charge in [0.2, 0.25) is 0 Å². The molecule has 7 heteroatoms. The summed E-state index contributed by atoms with van der Waals surface area (Å²) in [7, 11) is 9.69. The minimum atomic E-state index is -2.55. The Hall–Kier alpha value is -0.0231. The van der Waals surface area contributed by atoms with Crippen molar-refractivity contribution in [2.24, 2.45) is 0 Å². The van der Waals surface area contributed by atoms with Gasteiger partial charge in [-0.05, 0) is 42.3 Å². The average molecular weight is 322 g/mol. The van der Waals surface area contributed by atoms with Crippen molar-refractivity contribution < 1.29 is 13.3 Å².